The van der Waals surface area contributed by atoms with E-state index in [2.05, 4.69) is 25.5 Å². The van der Waals surface area contributed by atoms with Gasteiger partial charge in [-0.2, -0.15) is 18.2 Å². The monoisotopic (exact) mass is 453 g/mol. The summed E-state index contributed by atoms with van der Waals surface area (Å²) in [5.74, 6) is -0.371. The minimum Gasteiger partial charge on any atom is -0.354 e. The number of hydrogen-bond donors (Lipinski definition) is 1. The van der Waals surface area contributed by atoms with Gasteiger partial charge in [-0.05, 0) is 24.3 Å². The van der Waals surface area contributed by atoms with Crippen LogP contribution in [0.15, 0.2) is 35.7 Å². The fourth-order valence-corrected chi connectivity index (χ4v) is 4.16. The maximum atomic E-state index is 12.6. The molecule has 156 valence electrons. The maximum Gasteiger partial charge on any atom is 0.416 e. The van der Waals surface area contributed by atoms with Gasteiger partial charge in [-0.3, -0.25) is 9.20 Å². The average molecular weight is 453 g/mol. The molecule has 0 aliphatic rings. The number of thioether (sulfide) groups is 1. The minimum atomic E-state index is -4.42. The lowest BCUT2D eigenvalue weighted by Crippen LogP contribution is -2.14. The second-order valence-electron chi connectivity index (χ2n) is 6.38. The van der Waals surface area contributed by atoms with Gasteiger partial charge in [-0.25, -0.2) is 4.98 Å². The van der Waals surface area contributed by atoms with E-state index >= 15 is 0 Å². The van der Waals surface area contributed by atoms with Crippen molar-refractivity contribution in [1.82, 2.24) is 24.6 Å². The molecule has 1 amide bonds. The molecule has 8 nitrogen and oxygen atoms in total. The maximum absolute atomic E-state index is 12.6. The Morgan fingerprint density at radius 3 is 2.63 bits per heavy atom. The molecule has 3 aromatic heterocycles. The van der Waals surface area contributed by atoms with Crippen molar-refractivity contribution in [3.05, 3.63) is 36.2 Å². The number of halogens is 3. The Labute approximate surface area is 176 Å². The molecule has 1 N–H and O–H groups in total. The summed E-state index contributed by atoms with van der Waals surface area (Å²) in [7, 11) is 3.77. The zero-order valence-corrected chi connectivity index (χ0v) is 17.3. The number of fused-ring (bicyclic) bond motifs is 3. The number of aromatic nitrogens is 5. The molecule has 0 unspecified atom stereocenters. The Morgan fingerprint density at radius 2 is 1.97 bits per heavy atom. The second-order valence-corrected chi connectivity index (χ2v) is 8.30. The predicted molar refractivity (Wildman–Crippen MR) is 109 cm³/mol. The first-order valence-corrected chi connectivity index (χ1v) is 10.3. The third-order valence-corrected chi connectivity index (χ3v) is 6.12. The van der Waals surface area contributed by atoms with E-state index in [1.54, 1.807) is 10.7 Å². The lowest BCUT2D eigenvalue weighted by Gasteiger charge is -2.08. The molecule has 1 aromatic carbocycles. The van der Waals surface area contributed by atoms with Gasteiger partial charge in [-0.15, -0.1) is 10.2 Å². The van der Waals surface area contributed by atoms with Crippen molar-refractivity contribution >= 4 is 55.8 Å². The standard InChI is InChI=1S/C17H14F3N7OS2/c1-26(2)15-23-13-12(30-15)14-24-25-16(27(14)8-21-13)29-7-11(28)22-10-5-3-9(4-6-10)17(18,19)20/h3-6,8H,7H2,1-2H3,(H,22,28). The van der Waals surface area contributed by atoms with Crippen LogP contribution in [0.3, 0.4) is 0 Å². The molecule has 30 heavy (non-hydrogen) atoms. The number of hydrogen-bond acceptors (Lipinski definition) is 8. The van der Waals surface area contributed by atoms with E-state index in [0.29, 0.717) is 16.5 Å². The molecule has 3 heterocycles. The highest BCUT2D eigenvalue weighted by atomic mass is 32.2. The fraction of sp³-hybridized carbons (Fsp3) is 0.235. The van der Waals surface area contributed by atoms with Crippen LogP contribution in [0.4, 0.5) is 24.0 Å². The van der Waals surface area contributed by atoms with Crippen molar-refractivity contribution in [3.8, 4) is 0 Å². The quantitative estimate of drug-likeness (QED) is 0.463. The Hall–Kier alpha value is -2.93. The summed E-state index contributed by atoms with van der Waals surface area (Å²) in [5.41, 5.74) is 0.671. The highest BCUT2D eigenvalue weighted by molar-refractivity contribution is 7.99. The summed E-state index contributed by atoms with van der Waals surface area (Å²) < 4.78 is 40.3. The molecule has 0 saturated carbocycles. The third-order valence-electron chi connectivity index (χ3n) is 3.97. The van der Waals surface area contributed by atoms with Gasteiger partial charge in [-0.1, -0.05) is 23.1 Å². The van der Waals surface area contributed by atoms with Crippen LogP contribution < -0.4 is 10.2 Å². The zero-order valence-electron chi connectivity index (χ0n) is 15.6. The van der Waals surface area contributed by atoms with E-state index in [-0.39, 0.29) is 17.3 Å². The van der Waals surface area contributed by atoms with Crippen molar-refractivity contribution in [1.29, 1.82) is 0 Å². The number of thiazole rings is 1. The van der Waals surface area contributed by atoms with Crippen molar-refractivity contribution < 1.29 is 18.0 Å². The van der Waals surface area contributed by atoms with Crippen LogP contribution in [-0.2, 0) is 11.0 Å². The van der Waals surface area contributed by atoms with Crippen LogP contribution in [0.5, 0.6) is 0 Å². The molecule has 13 heteroatoms. The molecule has 4 aromatic rings. The molecule has 0 radical (unpaired) electrons. The molecule has 0 atom stereocenters. The zero-order chi connectivity index (χ0) is 21.5. The van der Waals surface area contributed by atoms with Crippen molar-refractivity contribution in [2.24, 2.45) is 0 Å². The Morgan fingerprint density at radius 1 is 1.23 bits per heavy atom. The van der Waals surface area contributed by atoms with Gasteiger partial charge in [0.2, 0.25) is 5.91 Å². The highest BCUT2D eigenvalue weighted by Gasteiger charge is 2.30. The first-order chi connectivity index (χ1) is 14.2. The summed E-state index contributed by atoms with van der Waals surface area (Å²) in [4.78, 5) is 22.8. The summed E-state index contributed by atoms with van der Waals surface area (Å²) >= 11 is 2.58. The Kier molecular flexibility index (Phi) is 5.24. The molecule has 0 bridgehead atoms. The van der Waals surface area contributed by atoms with Gasteiger partial charge < -0.3 is 10.2 Å². The second kappa shape index (κ2) is 7.72. The minimum absolute atomic E-state index is 0.00545. The molecule has 0 fully saturated rings. The molecular weight excluding hydrogens is 439 g/mol. The van der Waals surface area contributed by atoms with Crippen molar-refractivity contribution in [3.63, 3.8) is 0 Å². The topological polar surface area (TPSA) is 88.3 Å². The van der Waals surface area contributed by atoms with E-state index < -0.39 is 11.7 Å². The van der Waals surface area contributed by atoms with Gasteiger partial charge in [0, 0.05) is 19.8 Å². The molecule has 0 saturated heterocycles. The van der Waals surface area contributed by atoms with Crippen LogP contribution in [0.25, 0.3) is 16.0 Å². The summed E-state index contributed by atoms with van der Waals surface area (Å²) in [6.07, 6.45) is -2.87. The fourth-order valence-electron chi connectivity index (χ4n) is 2.54. The predicted octanol–water partition coefficient (Wildman–Crippen LogP) is 3.55. The summed E-state index contributed by atoms with van der Waals surface area (Å²) in [6.45, 7) is 0. The normalized spacial score (nSPS) is 11.9. The Balaban J connectivity index is 1.45. The number of anilines is 2. The first kappa shape index (κ1) is 20.3. The number of alkyl halides is 3. The number of nitrogens with zero attached hydrogens (tertiary/aromatic N) is 6. The van der Waals surface area contributed by atoms with Crippen LogP contribution in [0.2, 0.25) is 0 Å². The van der Waals surface area contributed by atoms with E-state index in [4.69, 9.17) is 0 Å². The van der Waals surface area contributed by atoms with Crippen LogP contribution >= 0.6 is 23.1 Å². The third kappa shape index (κ3) is 4.03. The van der Waals surface area contributed by atoms with Gasteiger partial charge in [0.05, 0.1) is 11.3 Å². The number of carbonyl (C=O) groups is 1. The number of carbonyl (C=O) groups excluding carboxylic acids is 1. The van der Waals surface area contributed by atoms with Gasteiger partial charge in [0.1, 0.15) is 11.0 Å². The van der Waals surface area contributed by atoms with E-state index in [1.807, 2.05) is 19.0 Å². The largest absolute Gasteiger partial charge is 0.416 e. The van der Waals surface area contributed by atoms with Gasteiger partial charge in [0.25, 0.3) is 0 Å². The lowest BCUT2D eigenvalue weighted by atomic mass is 10.2. The van der Waals surface area contributed by atoms with Crippen LogP contribution in [0, 0.1) is 0 Å². The SMILES string of the molecule is CN(C)c1nc2ncn3c(SCC(=O)Nc4ccc(C(F)(F)F)cc4)nnc3c2s1. The highest BCUT2D eigenvalue weighted by Crippen LogP contribution is 2.31. The average Bonchev–Trinajstić information content (AvgIpc) is 3.30. The van der Waals surface area contributed by atoms with Crippen molar-refractivity contribution in [2.45, 2.75) is 11.3 Å². The van der Waals surface area contributed by atoms with Gasteiger partial charge in [0.15, 0.2) is 21.6 Å². The molecule has 0 aliphatic carbocycles. The summed E-state index contributed by atoms with van der Waals surface area (Å²) in [5, 5.41) is 12.1. The van der Waals surface area contributed by atoms with E-state index in [1.165, 1.54) is 23.5 Å². The molecule has 0 spiro atoms. The Bertz CT molecular complexity index is 1220. The van der Waals surface area contributed by atoms with E-state index in [9.17, 15) is 18.0 Å². The van der Waals surface area contributed by atoms with Crippen molar-refractivity contribution in [2.75, 3.05) is 30.1 Å². The molecule has 4 rings (SSSR count). The van der Waals surface area contributed by atoms with Gasteiger partial charge >= 0.3 is 6.18 Å². The van der Waals surface area contributed by atoms with E-state index in [0.717, 1.165) is 33.7 Å². The first-order valence-electron chi connectivity index (χ1n) is 8.50. The smallest absolute Gasteiger partial charge is 0.354 e. The molecular formula is C17H14F3N7OS2. The number of rotatable bonds is 5. The molecule has 0 aliphatic heterocycles. The number of nitrogens with one attached hydrogen (secondary N) is 1. The number of benzene rings is 1. The van der Waals surface area contributed by atoms with Crippen LogP contribution in [-0.4, -0.2) is 50.3 Å². The lowest BCUT2D eigenvalue weighted by molar-refractivity contribution is -0.137. The summed E-state index contributed by atoms with van der Waals surface area (Å²) in [6, 6.07) is 4.26. The number of amides is 1. The van der Waals surface area contributed by atoms with Crippen LogP contribution in [0.1, 0.15) is 5.56 Å².